The number of rotatable bonds is 8. The first kappa shape index (κ1) is 17.9. The van der Waals surface area contributed by atoms with Gasteiger partial charge in [0.25, 0.3) is 0 Å². The van der Waals surface area contributed by atoms with Crippen molar-refractivity contribution in [3.63, 3.8) is 0 Å². The molecule has 0 unspecified atom stereocenters. The van der Waals surface area contributed by atoms with Crippen LogP contribution in [0.4, 0.5) is 5.69 Å². The molecule has 0 fully saturated rings. The molecule has 0 aliphatic heterocycles. The van der Waals surface area contributed by atoms with Crippen molar-refractivity contribution in [3.8, 4) is 5.75 Å². The predicted octanol–water partition coefficient (Wildman–Crippen LogP) is 3.63. The minimum absolute atomic E-state index is 0.00591. The van der Waals surface area contributed by atoms with Gasteiger partial charge in [-0.15, -0.1) is 0 Å². The molecular formula is C20H26N2O2. The number of anilines is 1. The monoisotopic (exact) mass is 326 g/mol. The van der Waals surface area contributed by atoms with Crippen molar-refractivity contribution in [2.75, 3.05) is 12.4 Å². The Kier molecular flexibility index (Phi) is 6.67. The standard InChI is InChI=1S/C20H26N2O2/c1-15(9-10-17-7-5-4-6-8-17)21-20(23)16(2)22-18-11-13-19(24-3)14-12-18/h4-8,11-16,22H,9-10H2,1-3H3,(H,21,23)/t15-,16-/m1/s1. The first-order chi connectivity index (χ1) is 11.6. The van der Waals surface area contributed by atoms with Crippen LogP contribution >= 0.6 is 0 Å². The van der Waals surface area contributed by atoms with Crippen LogP contribution in [0.25, 0.3) is 0 Å². The fraction of sp³-hybridized carbons (Fsp3) is 0.350. The largest absolute Gasteiger partial charge is 0.497 e. The third-order valence-corrected chi connectivity index (χ3v) is 3.96. The van der Waals surface area contributed by atoms with E-state index in [2.05, 4.69) is 22.8 Å². The van der Waals surface area contributed by atoms with E-state index in [-0.39, 0.29) is 18.0 Å². The van der Waals surface area contributed by atoms with Crippen molar-refractivity contribution in [2.45, 2.75) is 38.8 Å². The molecule has 0 aromatic heterocycles. The quantitative estimate of drug-likeness (QED) is 0.779. The van der Waals surface area contributed by atoms with Crippen molar-refractivity contribution >= 4 is 11.6 Å². The first-order valence-corrected chi connectivity index (χ1v) is 8.33. The molecule has 24 heavy (non-hydrogen) atoms. The first-order valence-electron chi connectivity index (χ1n) is 8.33. The van der Waals surface area contributed by atoms with Crippen LogP contribution in [-0.2, 0) is 11.2 Å². The van der Waals surface area contributed by atoms with Gasteiger partial charge in [-0.2, -0.15) is 0 Å². The lowest BCUT2D eigenvalue weighted by Gasteiger charge is -2.19. The van der Waals surface area contributed by atoms with E-state index in [1.54, 1.807) is 7.11 Å². The van der Waals surface area contributed by atoms with E-state index in [0.717, 1.165) is 24.3 Å². The Bertz CT molecular complexity index is 626. The molecule has 1 amide bonds. The van der Waals surface area contributed by atoms with Gasteiger partial charge in [0.1, 0.15) is 11.8 Å². The molecule has 0 saturated heterocycles. The summed E-state index contributed by atoms with van der Waals surface area (Å²) in [6.07, 6.45) is 1.88. The summed E-state index contributed by atoms with van der Waals surface area (Å²) in [4.78, 5) is 12.3. The minimum Gasteiger partial charge on any atom is -0.497 e. The van der Waals surface area contributed by atoms with Crippen LogP contribution in [0.1, 0.15) is 25.8 Å². The molecule has 2 aromatic rings. The van der Waals surface area contributed by atoms with Gasteiger partial charge >= 0.3 is 0 Å². The van der Waals surface area contributed by atoms with Gasteiger partial charge in [0.15, 0.2) is 0 Å². The summed E-state index contributed by atoms with van der Waals surface area (Å²) in [5, 5.41) is 6.27. The number of hydrogen-bond acceptors (Lipinski definition) is 3. The molecule has 2 atom stereocenters. The topological polar surface area (TPSA) is 50.4 Å². The highest BCUT2D eigenvalue weighted by molar-refractivity contribution is 5.84. The molecular weight excluding hydrogens is 300 g/mol. The van der Waals surface area contributed by atoms with E-state index in [1.807, 2.05) is 56.3 Å². The Balaban J connectivity index is 1.77. The van der Waals surface area contributed by atoms with Crippen molar-refractivity contribution in [1.82, 2.24) is 5.32 Å². The van der Waals surface area contributed by atoms with Crippen LogP contribution in [0.3, 0.4) is 0 Å². The number of carbonyl (C=O) groups is 1. The fourth-order valence-electron chi connectivity index (χ4n) is 2.47. The smallest absolute Gasteiger partial charge is 0.242 e. The molecule has 2 aromatic carbocycles. The minimum atomic E-state index is -0.294. The van der Waals surface area contributed by atoms with Gasteiger partial charge in [0, 0.05) is 11.7 Å². The summed E-state index contributed by atoms with van der Waals surface area (Å²) in [6.45, 7) is 3.91. The SMILES string of the molecule is COc1ccc(N[C@H](C)C(=O)N[C@H](C)CCc2ccccc2)cc1. The van der Waals surface area contributed by atoms with E-state index in [1.165, 1.54) is 5.56 Å². The number of nitrogens with one attached hydrogen (secondary N) is 2. The number of methoxy groups -OCH3 is 1. The molecule has 0 radical (unpaired) electrons. The summed E-state index contributed by atoms with van der Waals surface area (Å²) < 4.78 is 5.13. The lowest BCUT2D eigenvalue weighted by molar-refractivity contribution is -0.122. The van der Waals surface area contributed by atoms with Crippen molar-refractivity contribution in [3.05, 3.63) is 60.2 Å². The highest BCUT2D eigenvalue weighted by Crippen LogP contribution is 2.15. The second kappa shape index (κ2) is 8.96. The second-order valence-corrected chi connectivity index (χ2v) is 6.03. The van der Waals surface area contributed by atoms with Crippen LogP contribution in [0.2, 0.25) is 0 Å². The zero-order valence-corrected chi connectivity index (χ0v) is 14.6. The van der Waals surface area contributed by atoms with E-state index in [4.69, 9.17) is 4.74 Å². The summed E-state index contributed by atoms with van der Waals surface area (Å²) in [5.41, 5.74) is 2.19. The predicted molar refractivity (Wildman–Crippen MR) is 98.4 cm³/mol. The highest BCUT2D eigenvalue weighted by Gasteiger charge is 2.15. The third-order valence-electron chi connectivity index (χ3n) is 3.96. The Morgan fingerprint density at radius 1 is 1.04 bits per heavy atom. The van der Waals surface area contributed by atoms with Gasteiger partial charge in [0.05, 0.1) is 7.11 Å². The molecule has 2 rings (SSSR count). The summed E-state index contributed by atoms with van der Waals surface area (Å²) in [5.74, 6) is 0.804. The second-order valence-electron chi connectivity index (χ2n) is 6.03. The van der Waals surface area contributed by atoms with Crippen molar-refractivity contribution in [2.24, 2.45) is 0 Å². The Hall–Kier alpha value is -2.49. The number of ether oxygens (including phenoxy) is 1. The summed E-state index contributed by atoms with van der Waals surface area (Å²) in [6, 6.07) is 17.7. The van der Waals surface area contributed by atoms with Gasteiger partial charge in [-0.3, -0.25) is 4.79 Å². The molecule has 0 spiro atoms. The van der Waals surface area contributed by atoms with Crippen LogP contribution in [0, 0.1) is 0 Å². The maximum Gasteiger partial charge on any atom is 0.242 e. The van der Waals surface area contributed by atoms with Crippen LogP contribution < -0.4 is 15.4 Å². The Labute approximate surface area is 144 Å². The number of hydrogen-bond donors (Lipinski definition) is 2. The van der Waals surface area contributed by atoms with E-state index in [9.17, 15) is 4.79 Å². The number of aryl methyl sites for hydroxylation is 1. The molecule has 4 heteroatoms. The number of carbonyl (C=O) groups excluding carboxylic acids is 1. The van der Waals surface area contributed by atoms with Crippen LogP contribution in [-0.4, -0.2) is 25.1 Å². The molecule has 2 N–H and O–H groups in total. The molecule has 0 heterocycles. The molecule has 0 saturated carbocycles. The van der Waals surface area contributed by atoms with Gasteiger partial charge in [-0.05, 0) is 56.5 Å². The lowest BCUT2D eigenvalue weighted by Crippen LogP contribution is -2.42. The van der Waals surface area contributed by atoms with Gasteiger partial charge in [-0.1, -0.05) is 30.3 Å². The third kappa shape index (κ3) is 5.61. The molecule has 0 bridgehead atoms. The van der Waals surface area contributed by atoms with Crippen molar-refractivity contribution < 1.29 is 9.53 Å². The maximum absolute atomic E-state index is 12.3. The Morgan fingerprint density at radius 3 is 2.33 bits per heavy atom. The van der Waals surface area contributed by atoms with Gasteiger partial charge in [-0.25, -0.2) is 0 Å². The van der Waals surface area contributed by atoms with Crippen LogP contribution in [0.5, 0.6) is 5.75 Å². The molecule has 4 nitrogen and oxygen atoms in total. The van der Waals surface area contributed by atoms with E-state index >= 15 is 0 Å². The molecule has 128 valence electrons. The highest BCUT2D eigenvalue weighted by atomic mass is 16.5. The lowest BCUT2D eigenvalue weighted by atomic mass is 10.1. The summed E-state index contributed by atoms with van der Waals surface area (Å²) >= 11 is 0. The van der Waals surface area contributed by atoms with E-state index in [0.29, 0.717) is 0 Å². The van der Waals surface area contributed by atoms with Gasteiger partial charge < -0.3 is 15.4 Å². The zero-order chi connectivity index (χ0) is 17.4. The van der Waals surface area contributed by atoms with Crippen LogP contribution in [0.15, 0.2) is 54.6 Å². The van der Waals surface area contributed by atoms with Crippen molar-refractivity contribution in [1.29, 1.82) is 0 Å². The van der Waals surface area contributed by atoms with E-state index < -0.39 is 0 Å². The molecule has 0 aliphatic rings. The summed E-state index contributed by atoms with van der Waals surface area (Å²) in [7, 11) is 1.63. The zero-order valence-electron chi connectivity index (χ0n) is 14.6. The molecule has 0 aliphatic carbocycles. The maximum atomic E-state index is 12.3. The average molecular weight is 326 g/mol. The Morgan fingerprint density at radius 2 is 1.71 bits per heavy atom. The number of amides is 1. The normalized spacial score (nSPS) is 13.0. The number of benzene rings is 2. The average Bonchev–Trinajstić information content (AvgIpc) is 2.61. The fourth-order valence-corrected chi connectivity index (χ4v) is 2.47. The van der Waals surface area contributed by atoms with Gasteiger partial charge in [0.2, 0.25) is 5.91 Å².